The van der Waals surface area contributed by atoms with Gasteiger partial charge in [0.1, 0.15) is 16.2 Å². The molecule has 9 nitrogen and oxygen atoms in total. The molecule has 0 saturated heterocycles. The van der Waals surface area contributed by atoms with Gasteiger partial charge in [0.05, 0.1) is 30.6 Å². The summed E-state index contributed by atoms with van der Waals surface area (Å²) < 4.78 is 30.0. The summed E-state index contributed by atoms with van der Waals surface area (Å²) in [6, 6.07) is 2.49. The molecule has 30 heavy (non-hydrogen) atoms. The van der Waals surface area contributed by atoms with Crippen molar-refractivity contribution < 1.29 is 27.9 Å². The number of hydrogen-bond acceptors (Lipinski definition) is 8. The Hall–Kier alpha value is -2.72. The SMILES string of the molecule is CS(=O)(=O)c1ccc(C(O)=C2C(=O)CCCC2=O)c(Cl)c1OCCCn1nccn1. The summed E-state index contributed by atoms with van der Waals surface area (Å²) in [7, 11) is -3.70. The van der Waals surface area contributed by atoms with Crippen molar-refractivity contribution in [3.05, 3.63) is 40.7 Å². The summed E-state index contributed by atoms with van der Waals surface area (Å²) in [5.41, 5.74) is -0.350. The van der Waals surface area contributed by atoms with Crippen LogP contribution in [0, 0.1) is 0 Å². The molecule has 1 aromatic heterocycles. The Labute approximate surface area is 178 Å². The van der Waals surface area contributed by atoms with Crippen LogP contribution in [-0.4, -0.2) is 52.9 Å². The summed E-state index contributed by atoms with van der Waals surface area (Å²) in [5, 5.41) is 18.3. The molecule has 0 amide bonds. The van der Waals surface area contributed by atoms with Crippen LogP contribution in [0.4, 0.5) is 0 Å². The first-order chi connectivity index (χ1) is 14.2. The van der Waals surface area contributed by atoms with Crippen LogP contribution in [0.1, 0.15) is 31.2 Å². The number of rotatable bonds is 7. The lowest BCUT2D eigenvalue weighted by molar-refractivity contribution is -0.123. The Morgan fingerprint density at radius 1 is 1.20 bits per heavy atom. The highest BCUT2D eigenvalue weighted by Crippen LogP contribution is 2.39. The monoisotopic (exact) mass is 453 g/mol. The van der Waals surface area contributed by atoms with Crippen molar-refractivity contribution in [1.82, 2.24) is 15.0 Å². The number of aliphatic hydroxyl groups excluding tert-OH is 1. The lowest BCUT2D eigenvalue weighted by Gasteiger charge is -2.17. The van der Waals surface area contributed by atoms with Gasteiger partial charge in [-0.1, -0.05) is 11.6 Å². The molecule has 0 radical (unpaired) electrons. The van der Waals surface area contributed by atoms with Gasteiger partial charge in [0.15, 0.2) is 27.2 Å². The zero-order valence-corrected chi connectivity index (χ0v) is 17.7. The third-order valence-electron chi connectivity index (χ3n) is 4.53. The van der Waals surface area contributed by atoms with Crippen LogP contribution in [0.5, 0.6) is 5.75 Å². The van der Waals surface area contributed by atoms with Crippen LogP contribution in [0.3, 0.4) is 0 Å². The summed E-state index contributed by atoms with van der Waals surface area (Å²) in [6.45, 7) is 0.541. The normalized spacial score (nSPS) is 14.8. The second-order valence-corrected chi connectivity index (χ2v) is 9.14. The number of carbonyl (C=O) groups is 2. The second-order valence-electron chi connectivity index (χ2n) is 6.78. The Morgan fingerprint density at radius 3 is 2.43 bits per heavy atom. The number of ketones is 2. The average Bonchev–Trinajstić information content (AvgIpc) is 3.18. The molecule has 1 N–H and O–H groups in total. The maximum Gasteiger partial charge on any atom is 0.179 e. The maximum absolute atomic E-state index is 12.2. The van der Waals surface area contributed by atoms with Crippen LogP contribution in [0.15, 0.2) is 35.0 Å². The standard InChI is InChI=1S/C19H20ClN3O6S/c1-30(27,28)15-7-6-12(18(26)16-13(24)4-2-5-14(16)25)17(20)19(15)29-11-3-10-23-21-8-9-22-23/h6-9,26H,2-5,10-11H2,1H3. The van der Waals surface area contributed by atoms with E-state index in [0.29, 0.717) is 19.4 Å². The van der Waals surface area contributed by atoms with Gasteiger partial charge in [0.25, 0.3) is 0 Å². The summed E-state index contributed by atoms with van der Waals surface area (Å²) in [4.78, 5) is 25.6. The molecule has 1 saturated carbocycles. The fourth-order valence-corrected chi connectivity index (χ4v) is 4.28. The van der Waals surface area contributed by atoms with Gasteiger partial charge in [-0.05, 0) is 18.6 Å². The summed E-state index contributed by atoms with van der Waals surface area (Å²) >= 11 is 6.37. The van der Waals surface area contributed by atoms with Crippen LogP contribution in [0.25, 0.3) is 5.76 Å². The van der Waals surface area contributed by atoms with Gasteiger partial charge in [0, 0.05) is 31.1 Å². The van der Waals surface area contributed by atoms with E-state index in [-0.39, 0.29) is 46.3 Å². The van der Waals surface area contributed by atoms with Crippen molar-refractivity contribution in [2.75, 3.05) is 12.9 Å². The minimum atomic E-state index is -3.70. The molecule has 11 heteroatoms. The third kappa shape index (κ3) is 4.71. The molecule has 1 aromatic carbocycles. The number of halogens is 1. The Kier molecular flexibility index (Phi) is 6.57. The Bertz CT molecular complexity index is 1090. The molecule has 1 aliphatic rings. The molecule has 0 atom stereocenters. The predicted octanol–water partition coefficient (Wildman–Crippen LogP) is 2.40. The minimum absolute atomic E-state index is 0.0357. The summed E-state index contributed by atoms with van der Waals surface area (Å²) in [5.74, 6) is -1.66. The largest absolute Gasteiger partial charge is 0.506 e. The molecule has 1 fully saturated rings. The van der Waals surface area contributed by atoms with E-state index in [2.05, 4.69) is 10.2 Å². The third-order valence-corrected chi connectivity index (χ3v) is 6.03. The van der Waals surface area contributed by atoms with Crippen LogP contribution < -0.4 is 4.74 Å². The van der Waals surface area contributed by atoms with Gasteiger partial charge in [-0.25, -0.2) is 8.42 Å². The van der Waals surface area contributed by atoms with Gasteiger partial charge in [0.2, 0.25) is 0 Å². The Balaban J connectivity index is 1.95. The number of allylic oxidation sites excluding steroid dienone is 1. The lowest BCUT2D eigenvalue weighted by Crippen LogP contribution is -2.20. The van der Waals surface area contributed by atoms with Gasteiger partial charge in [-0.2, -0.15) is 15.0 Å². The van der Waals surface area contributed by atoms with Crippen LogP contribution in [-0.2, 0) is 26.0 Å². The van der Waals surface area contributed by atoms with E-state index in [1.807, 2.05) is 0 Å². The van der Waals surface area contributed by atoms with Crippen molar-refractivity contribution in [2.45, 2.75) is 37.1 Å². The highest BCUT2D eigenvalue weighted by molar-refractivity contribution is 7.90. The van der Waals surface area contributed by atoms with Crippen molar-refractivity contribution in [3.63, 3.8) is 0 Å². The summed E-state index contributed by atoms with van der Waals surface area (Å²) in [6.07, 6.45) is 5.26. The number of benzene rings is 1. The number of hydrogen-bond donors (Lipinski definition) is 1. The highest BCUT2D eigenvalue weighted by atomic mass is 35.5. The first kappa shape index (κ1) is 22.0. The van der Waals surface area contributed by atoms with E-state index in [0.717, 1.165) is 6.26 Å². The number of aliphatic hydroxyl groups is 1. The number of ether oxygens (including phenoxy) is 1. The van der Waals surface area contributed by atoms with Crippen LogP contribution >= 0.6 is 11.6 Å². The molecule has 160 valence electrons. The molecular weight excluding hydrogens is 434 g/mol. The van der Waals surface area contributed by atoms with Crippen molar-refractivity contribution >= 4 is 38.8 Å². The number of sulfone groups is 1. The number of aryl methyl sites for hydroxylation is 1. The molecule has 2 aromatic rings. The second kappa shape index (κ2) is 8.97. The van der Waals surface area contributed by atoms with Gasteiger partial charge < -0.3 is 9.84 Å². The number of Topliss-reactive ketones (excluding diaryl/α,β-unsaturated/α-hetero) is 2. The number of carbonyl (C=O) groups excluding carboxylic acids is 2. The molecule has 1 heterocycles. The van der Waals surface area contributed by atoms with E-state index in [1.54, 1.807) is 0 Å². The van der Waals surface area contributed by atoms with Gasteiger partial charge in [-0.15, -0.1) is 0 Å². The number of aromatic nitrogens is 3. The molecule has 0 spiro atoms. The smallest absolute Gasteiger partial charge is 0.179 e. The fraction of sp³-hybridized carbons (Fsp3) is 0.368. The van der Waals surface area contributed by atoms with E-state index >= 15 is 0 Å². The van der Waals surface area contributed by atoms with Gasteiger partial charge in [-0.3, -0.25) is 9.59 Å². The first-order valence-electron chi connectivity index (χ1n) is 9.19. The lowest BCUT2D eigenvalue weighted by atomic mass is 9.90. The quantitative estimate of drug-likeness (QED) is 0.293. The molecule has 1 aliphatic carbocycles. The molecular formula is C19H20ClN3O6S. The predicted molar refractivity (Wildman–Crippen MR) is 108 cm³/mol. The van der Waals surface area contributed by atoms with Crippen molar-refractivity contribution in [1.29, 1.82) is 0 Å². The topological polar surface area (TPSA) is 128 Å². The maximum atomic E-state index is 12.2. The zero-order valence-electron chi connectivity index (χ0n) is 16.2. The number of nitrogens with zero attached hydrogens (tertiary/aromatic N) is 3. The molecule has 0 aliphatic heterocycles. The van der Waals surface area contributed by atoms with Gasteiger partial charge >= 0.3 is 0 Å². The molecule has 0 bridgehead atoms. The van der Waals surface area contributed by atoms with E-state index in [1.165, 1.54) is 29.3 Å². The van der Waals surface area contributed by atoms with Crippen LogP contribution in [0.2, 0.25) is 5.02 Å². The Morgan fingerprint density at radius 2 is 1.83 bits per heavy atom. The fourth-order valence-electron chi connectivity index (χ4n) is 3.10. The van der Waals surface area contributed by atoms with E-state index < -0.39 is 27.2 Å². The van der Waals surface area contributed by atoms with Crippen molar-refractivity contribution in [3.8, 4) is 5.75 Å². The van der Waals surface area contributed by atoms with Crippen molar-refractivity contribution in [2.24, 2.45) is 0 Å². The minimum Gasteiger partial charge on any atom is -0.506 e. The van der Waals surface area contributed by atoms with E-state index in [4.69, 9.17) is 16.3 Å². The molecule has 3 rings (SSSR count). The molecule has 0 unspecified atom stereocenters. The highest BCUT2D eigenvalue weighted by Gasteiger charge is 2.30. The first-order valence-corrected chi connectivity index (χ1v) is 11.5. The van der Waals surface area contributed by atoms with E-state index in [9.17, 15) is 23.1 Å². The zero-order chi connectivity index (χ0) is 21.9. The average molecular weight is 454 g/mol.